The van der Waals surface area contributed by atoms with Gasteiger partial charge in [0.2, 0.25) is 0 Å². The molecule has 0 N–H and O–H groups in total. The summed E-state index contributed by atoms with van der Waals surface area (Å²) in [4.78, 5) is 0. The zero-order chi connectivity index (χ0) is 0. The normalized spacial score (nSPS) is 0. The minimum atomic E-state index is 0. The van der Waals surface area contributed by atoms with Crippen LogP contribution in [0.25, 0.3) is 0 Å². The molecule has 0 spiro atoms. The second-order valence-corrected chi connectivity index (χ2v) is 0. The fourth-order valence-corrected chi connectivity index (χ4v) is 0. The largest absolute Gasteiger partial charge is 0.187 e. The molecule has 0 fully saturated rings. The number of hydrogen-bond donors (Lipinski definition) is 0. The zero-order valence-corrected chi connectivity index (χ0v) is 5.35. The predicted molar refractivity (Wildman–Crippen MR) is 9.94 cm³/mol. The van der Waals surface area contributed by atoms with Crippen LogP contribution in [0.2, 0.25) is 0 Å². The van der Waals surface area contributed by atoms with Crippen LogP contribution in [0, 0.1) is 0 Å². The van der Waals surface area contributed by atoms with Crippen LogP contribution in [-0.2, 0) is 67.1 Å². The van der Waals surface area contributed by atoms with Crippen molar-refractivity contribution in [2.24, 2.45) is 0 Å². The van der Waals surface area contributed by atoms with E-state index < -0.39 is 0 Å². The van der Waals surface area contributed by atoms with E-state index in [4.69, 9.17) is 0 Å². The smallest absolute Gasteiger partial charge is 0 e. The van der Waals surface area contributed by atoms with Gasteiger partial charge in [-0.2, -0.15) is 0 Å². The van der Waals surface area contributed by atoms with Crippen molar-refractivity contribution in [3.63, 3.8) is 0 Å². The third kappa shape index (κ3) is 8.83. The van der Waals surface area contributed by atoms with Crippen LogP contribution in [0.3, 0.4) is 0 Å². The Morgan fingerprint density at radius 1 is 0.500 bits per heavy atom. The zero-order valence-electron chi connectivity index (χ0n) is 0.905. The molecule has 0 aliphatic rings. The summed E-state index contributed by atoms with van der Waals surface area (Å²) in [5, 5.41) is 0. The Kier molecular flexibility index (Phi) is 126. The van der Waals surface area contributed by atoms with Crippen molar-refractivity contribution >= 4 is 17.4 Å². The molecule has 0 unspecified atom stereocenters. The maximum absolute atomic E-state index is 0. The van der Waals surface area contributed by atoms with Crippen molar-refractivity contribution in [3.8, 4) is 0 Å². The minimum Gasteiger partial charge on any atom is 0 e. The molecule has 0 atom stereocenters. The van der Waals surface area contributed by atoms with Gasteiger partial charge in [0, 0.05) is 67.1 Å². The standard InChI is InChI=1S/3Ag.Al.3H. The van der Waals surface area contributed by atoms with Crippen molar-refractivity contribution in [1.82, 2.24) is 0 Å². The van der Waals surface area contributed by atoms with Gasteiger partial charge in [0.1, 0.15) is 0 Å². The van der Waals surface area contributed by atoms with Crippen LogP contribution in [0.1, 0.15) is 0 Å². The second kappa shape index (κ2) is 17.1. The first-order chi connectivity index (χ1) is 0. The van der Waals surface area contributed by atoms with Crippen LogP contribution in [0.5, 0.6) is 0 Å². The van der Waals surface area contributed by atoms with Gasteiger partial charge >= 0.3 is 0 Å². The Balaban J connectivity index is 0. The van der Waals surface area contributed by atoms with Gasteiger partial charge in [-0.1, -0.05) is 0 Å². The van der Waals surface area contributed by atoms with Crippen molar-refractivity contribution in [2.75, 3.05) is 0 Å². The first-order valence-electron chi connectivity index (χ1n) is 0. The van der Waals surface area contributed by atoms with Crippen molar-refractivity contribution in [3.05, 3.63) is 0 Å². The van der Waals surface area contributed by atoms with E-state index in [1.807, 2.05) is 0 Å². The Labute approximate surface area is 83.1 Å². The van der Waals surface area contributed by atoms with Gasteiger partial charge in [-0.05, 0) is 0 Å². The topological polar surface area (TPSA) is 0 Å². The van der Waals surface area contributed by atoms with E-state index in [9.17, 15) is 0 Å². The molecule has 39 valence electrons. The molecular formula is H3Ag3Al. The summed E-state index contributed by atoms with van der Waals surface area (Å²) >= 11 is 0. The van der Waals surface area contributed by atoms with E-state index in [1.54, 1.807) is 0 Å². The molecule has 0 heterocycles. The fourth-order valence-electron chi connectivity index (χ4n) is 0. The molecule has 0 aromatic rings. The van der Waals surface area contributed by atoms with Crippen LogP contribution in [-0.4, -0.2) is 17.4 Å². The van der Waals surface area contributed by atoms with Gasteiger partial charge in [-0.3, -0.25) is 0 Å². The molecule has 0 saturated carbocycles. The summed E-state index contributed by atoms with van der Waals surface area (Å²) in [6, 6.07) is 0. The van der Waals surface area contributed by atoms with Gasteiger partial charge in [-0.25, -0.2) is 0 Å². The molecule has 0 bridgehead atoms. The molecular weight excluding hydrogens is 351 g/mol. The van der Waals surface area contributed by atoms with Crippen LogP contribution >= 0.6 is 0 Å². The molecule has 0 nitrogen and oxygen atoms in total. The molecule has 0 aliphatic carbocycles. The van der Waals surface area contributed by atoms with E-state index >= 15 is 0 Å². The van der Waals surface area contributed by atoms with Gasteiger partial charge in [0.25, 0.3) is 0 Å². The first kappa shape index (κ1) is 29.5. The van der Waals surface area contributed by atoms with Gasteiger partial charge in [-0.15, -0.1) is 0 Å². The summed E-state index contributed by atoms with van der Waals surface area (Å²) in [6.45, 7) is 0. The van der Waals surface area contributed by atoms with Gasteiger partial charge in [0.05, 0.1) is 0 Å². The van der Waals surface area contributed by atoms with Crippen molar-refractivity contribution in [2.45, 2.75) is 0 Å². The van der Waals surface area contributed by atoms with Crippen molar-refractivity contribution < 1.29 is 67.1 Å². The van der Waals surface area contributed by atoms with E-state index in [2.05, 4.69) is 0 Å². The molecule has 4 heteroatoms. The summed E-state index contributed by atoms with van der Waals surface area (Å²) in [5.74, 6) is 0. The van der Waals surface area contributed by atoms with E-state index in [1.165, 1.54) is 0 Å². The van der Waals surface area contributed by atoms with Crippen LogP contribution in [0.15, 0.2) is 0 Å². The average Bonchev–Trinajstić information content (AvgIpc) is 0. The SMILES string of the molecule is [Ag].[Ag].[Ag].[AlH3]. The summed E-state index contributed by atoms with van der Waals surface area (Å²) in [7, 11) is 0. The predicted octanol–water partition coefficient (Wildman–Crippen LogP) is -1.19. The summed E-state index contributed by atoms with van der Waals surface area (Å²) in [6.07, 6.45) is 0. The number of hydrogen-bond acceptors (Lipinski definition) is 0. The Morgan fingerprint density at radius 2 is 0.500 bits per heavy atom. The molecule has 0 amide bonds. The Bertz CT molecular complexity index is 3.25. The molecule has 0 aromatic heterocycles. The summed E-state index contributed by atoms with van der Waals surface area (Å²) in [5.41, 5.74) is 0. The maximum atomic E-state index is 0. The monoisotopic (exact) mass is 351 g/mol. The van der Waals surface area contributed by atoms with Crippen LogP contribution < -0.4 is 0 Å². The molecule has 3 radical (unpaired) electrons. The third-order valence-electron chi connectivity index (χ3n) is 0. The van der Waals surface area contributed by atoms with Crippen molar-refractivity contribution in [1.29, 1.82) is 0 Å². The molecule has 0 rings (SSSR count). The molecule has 4 heavy (non-hydrogen) atoms. The van der Waals surface area contributed by atoms with E-state index in [-0.39, 0.29) is 84.5 Å². The van der Waals surface area contributed by atoms with Gasteiger partial charge < -0.3 is 0 Å². The maximum Gasteiger partial charge on any atom is 0.187 e. The summed E-state index contributed by atoms with van der Waals surface area (Å²) < 4.78 is 0. The van der Waals surface area contributed by atoms with Crippen LogP contribution in [0.4, 0.5) is 0 Å². The molecule has 0 saturated heterocycles. The molecule has 0 aliphatic heterocycles. The first-order valence-corrected chi connectivity index (χ1v) is 0. The van der Waals surface area contributed by atoms with E-state index in [0.29, 0.717) is 0 Å². The average molecular weight is 354 g/mol. The fraction of sp³-hybridized carbons (Fsp3) is 0. The quantitative estimate of drug-likeness (QED) is 0.481. The molecule has 0 aromatic carbocycles. The Hall–Kier alpha value is 2.75. The van der Waals surface area contributed by atoms with Gasteiger partial charge in [0.15, 0.2) is 17.4 Å². The number of rotatable bonds is 0. The third-order valence-corrected chi connectivity index (χ3v) is 0. The van der Waals surface area contributed by atoms with E-state index in [0.717, 1.165) is 0 Å². The Morgan fingerprint density at radius 3 is 0.500 bits per heavy atom. The minimum absolute atomic E-state index is 0. The second-order valence-electron chi connectivity index (χ2n) is 0.